The fourth-order valence-corrected chi connectivity index (χ4v) is 2.54. The predicted molar refractivity (Wildman–Crippen MR) is 87.3 cm³/mol. The molecule has 0 saturated carbocycles. The third-order valence-electron chi connectivity index (χ3n) is 3.52. The van der Waals surface area contributed by atoms with Crippen LogP contribution in [0.1, 0.15) is 0 Å². The first kappa shape index (κ1) is 16.0. The number of ether oxygens (including phenoxy) is 1. The van der Waals surface area contributed by atoms with Gasteiger partial charge in [0.05, 0.1) is 6.33 Å². The SMILES string of the molecule is Cn1cnc2c1c(=O)n(CC(=O)Oc1cccc(Cl)c1)c(=O)n2C. The number of rotatable bonds is 3. The van der Waals surface area contributed by atoms with E-state index in [0.717, 1.165) is 4.57 Å². The number of carbonyl (C=O) groups is 1. The van der Waals surface area contributed by atoms with Crippen LogP contribution in [-0.4, -0.2) is 24.7 Å². The summed E-state index contributed by atoms with van der Waals surface area (Å²) in [5.74, 6) is -0.517. The average Bonchev–Trinajstić information content (AvgIpc) is 2.91. The molecule has 0 aliphatic heterocycles. The summed E-state index contributed by atoms with van der Waals surface area (Å²) in [5.41, 5.74) is -0.759. The van der Waals surface area contributed by atoms with Gasteiger partial charge in [-0.1, -0.05) is 17.7 Å². The van der Waals surface area contributed by atoms with Crippen LogP contribution in [0.15, 0.2) is 40.2 Å². The monoisotopic (exact) mass is 348 g/mol. The predicted octanol–water partition coefficient (Wildman–Crippen LogP) is 0.693. The molecular weight excluding hydrogens is 336 g/mol. The number of hydrogen-bond acceptors (Lipinski definition) is 5. The van der Waals surface area contributed by atoms with Gasteiger partial charge in [-0.2, -0.15) is 0 Å². The van der Waals surface area contributed by atoms with Crippen molar-refractivity contribution in [3.8, 4) is 5.75 Å². The fourth-order valence-electron chi connectivity index (χ4n) is 2.36. The second-order valence-corrected chi connectivity index (χ2v) is 5.63. The molecule has 0 radical (unpaired) electrons. The maximum atomic E-state index is 12.5. The maximum absolute atomic E-state index is 12.5. The highest BCUT2D eigenvalue weighted by atomic mass is 35.5. The standard InChI is InChI=1S/C15H13ClN4O4/c1-18-8-17-13-12(18)14(22)20(15(23)19(13)2)7-11(21)24-10-5-3-4-9(16)6-10/h3-6,8H,7H2,1-2H3. The lowest BCUT2D eigenvalue weighted by atomic mass is 10.3. The first-order valence-corrected chi connectivity index (χ1v) is 7.33. The van der Waals surface area contributed by atoms with E-state index >= 15 is 0 Å². The van der Waals surface area contributed by atoms with Gasteiger partial charge in [-0.15, -0.1) is 0 Å². The molecule has 124 valence electrons. The lowest BCUT2D eigenvalue weighted by molar-refractivity contribution is -0.135. The lowest BCUT2D eigenvalue weighted by Gasteiger charge is -2.09. The molecule has 0 saturated heterocycles. The molecule has 2 aromatic heterocycles. The van der Waals surface area contributed by atoms with Crippen molar-refractivity contribution in [2.45, 2.75) is 6.54 Å². The summed E-state index contributed by atoms with van der Waals surface area (Å²) < 4.78 is 8.64. The van der Waals surface area contributed by atoms with E-state index in [4.69, 9.17) is 16.3 Å². The molecule has 8 nitrogen and oxygen atoms in total. The minimum Gasteiger partial charge on any atom is -0.425 e. The number of hydrogen-bond donors (Lipinski definition) is 0. The molecular formula is C15H13ClN4O4. The van der Waals surface area contributed by atoms with Gasteiger partial charge in [-0.25, -0.2) is 19.1 Å². The number of esters is 1. The Morgan fingerprint density at radius 3 is 2.75 bits per heavy atom. The molecule has 0 unspecified atom stereocenters. The molecule has 0 bridgehead atoms. The van der Waals surface area contributed by atoms with Gasteiger partial charge in [0.1, 0.15) is 12.3 Å². The Hall–Kier alpha value is -2.87. The highest BCUT2D eigenvalue weighted by Crippen LogP contribution is 2.17. The van der Waals surface area contributed by atoms with Crippen molar-refractivity contribution >= 4 is 28.7 Å². The Morgan fingerprint density at radius 1 is 1.29 bits per heavy atom. The Kier molecular flexibility index (Phi) is 3.98. The molecule has 24 heavy (non-hydrogen) atoms. The summed E-state index contributed by atoms with van der Waals surface area (Å²) in [6.45, 7) is -0.515. The van der Waals surface area contributed by atoms with Crippen LogP contribution in [0, 0.1) is 0 Å². The van der Waals surface area contributed by atoms with Gasteiger partial charge in [0.25, 0.3) is 5.56 Å². The molecule has 0 aliphatic carbocycles. The Morgan fingerprint density at radius 2 is 2.04 bits per heavy atom. The molecule has 0 N–H and O–H groups in total. The Labute approximate surface area is 140 Å². The van der Waals surface area contributed by atoms with E-state index in [9.17, 15) is 14.4 Å². The zero-order chi connectivity index (χ0) is 17.4. The highest BCUT2D eigenvalue weighted by Gasteiger charge is 2.17. The summed E-state index contributed by atoms with van der Waals surface area (Å²) in [5, 5.41) is 0.407. The van der Waals surface area contributed by atoms with Crippen LogP contribution >= 0.6 is 11.6 Å². The quantitative estimate of drug-likeness (QED) is 0.513. The van der Waals surface area contributed by atoms with Crippen LogP contribution < -0.4 is 16.0 Å². The molecule has 0 fully saturated rings. The number of carbonyl (C=O) groups excluding carboxylic acids is 1. The molecule has 2 heterocycles. The highest BCUT2D eigenvalue weighted by molar-refractivity contribution is 6.30. The van der Waals surface area contributed by atoms with Crippen molar-refractivity contribution in [3.63, 3.8) is 0 Å². The number of halogens is 1. The summed E-state index contributed by atoms with van der Waals surface area (Å²) in [7, 11) is 3.12. The van der Waals surface area contributed by atoms with Crippen LogP contribution in [0.2, 0.25) is 5.02 Å². The fraction of sp³-hybridized carbons (Fsp3) is 0.200. The van der Waals surface area contributed by atoms with Crippen LogP contribution in [-0.2, 0) is 25.4 Å². The van der Waals surface area contributed by atoms with Crippen molar-refractivity contribution in [2.24, 2.45) is 14.1 Å². The minimum atomic E-state index is -0.752. The van der Waals surface area contributed by atoms with Crippen LogP contribution in [0.25, 0.3) is 11.2 Å². The number of imidazole rings is 1. The largest absolute Gasteiger partial charge is 0.425 e. The summed E-state index contributed by atoms with van der Waals surface area (Å²) >= 11 is 5.82. The zero-order valence-corrected chi connectivity index (χ0v) is 13.6. The van der Waals surface area contributed by atoms with E-state index in [2.05, 4.69) is 4.98 Å². The van der Waals surface area contributed by atoms with Crippen molar-refractivity contribution < 1.29 is 9.53 Å². The van der Waals surface area contributed by atoms with Gasteiger partial charge in [-0.05, 0) is 18.2 Å². The van der Waals surface area contributed by atoms with Crippen LogP contribution in [0.3, 0.4) is 0 Å². The smallest absolute Gasteiger partial charge is 0.333 e. The molecule has 9 heteroatoms. The molecule has 3 rings (SSSR count). The van der Waals surface area contributed by atoms with Gasteiger partial charge >= 0.3 is 11.7 Å². The van der Waals surface area contributed by atoms with Gasteiger partial charge in [-0.3, -0.25) is 9.36 Å². The number of fused-ring (bicyclic) bond motifs is 1. The van der Waals surface area contributed by atoms with Crippen molar-refractivity contribution in [1.29, 1.82) is 0 Å². The van der Waals surface area contributed by atoms with E-state index in [1.54, 1.807) is 25.2 Å². The van der Waals surface area contributed by atoms with Crippen molar-refractivity contribution in [2.75, 3.05) is 0 Å². The Bertz CT molecular complexity index is 1060. The van der Waals surface area contributed by atoms with Gasteiger partial charge in [0.15, 0.2) is 11.2 Å². The second kappa shape index (κ2) is 5.97. The number of aryl methyl sites for hydroxylation is 2. The summed E-state index contributed by atoms with van der Waals surface area (Å²) in [4.78, 5) is 40.9. The summed E-state index contributed by atoms with van der Waals surface area (Å²) in [6, 6.07) is 6.27. The van der Waals surface area contributed by atoms with Crippen molar-refractivity contribution in [1.82, 2.24) is 18.7 Å². The maximum Gasteiger partial charge on any atom is 0.333 e. The average molecular weight is 349 g/mol. The van der Waals surface area contributed by atoms with E-state index in [-0.39, 0.29) is 16.9 Å². The molecule has 3 aromatic rings. The van der Waals surface area contributed by atoms with Crippen LogP contribution in [0.5, 0.6) is 5.75 Å². The number of aromatic nitrogens is 4. The Balaban J connectivity index is 1.98. The second-order valence-electron chi connectivity index (χ2n) is 5.19. The van der Waals surface area contributed by atoms with E-state index < -0.39 is 23.8 Å². The topological polar surface area (TPSA) is 88.1 Å². The van der Waals surface area contributed by atoms with Crippen molar-refractivity contribution in [3.05, 3.63) is 56.5 Å². The molecule has 0 spiro atoms. The first-order valence-electron chi connectivity index (χ1n) is 6.95. The molecule has 0 atom stereocenters. The minimum absolute atomic E-state index is 0.229. The summed E-state index contributed by atoms with van der Waals surface area (Å²) in [6.07, 6.45) is 1.43. The normalized spacial score (nSPS) is 11.0. The van der Waals surface area contributed by atoms with Gasteiger partial charge in [0, 0.05) is 19.1 Å². The number of nitrogens with zero attached hydrogens (tertiary/aromatic N) is 4. The third-order valence-corrected chi connectivity index (χ3v) is 3.75. The van der Waals surface area contributed by atoms with E-state index in [1.165, 1.54) is 28.6 Å². The molecule has 0 amide bonds. The number of benzene rings is 1. The van der Waals surface area contributed by atoms with E-state index in [0.29, 0.717) is 5.02 Å². The van der Waals surface area contributed by atoms with Gasteiger partial charge in [0.2, 0.25) is 0 Å². The van der Waals surface area contributed by atoms with Gasteiger partial charge < -0.3 is 9.30 Å². The first-order chi connectivity index (χ1) is 11.4. The third kappa shape index (κ3) is 2.71. The molecule has 1 aromatic carbocycles. The van der Waals surface area contributed by atoms with E-state index in [1.807, 2.05) is 0 Å². The van der Waals surface area contributed by atoms with Crippen LogP contribution in [0.4, 0.5) is 0 Å². The zero-order valence-electron chi connectivity index (χ0n) is 12.9. The molecule has 0 aliphatic rings. The lowest BCUT2D eigenvalue weighted by Crippen LogP contribution is -2.42.